The zero-order chi connectivity index (χ0) is 18.6. The minimum atomic E-state index is -0.232. The van der Waals surface area contributed by atoms with Crippen molar-refractivity contribution in [1.29, 1.82) is 0 Å². The normalized spacial score (nSPS) is 11.7. The number of quaternary nitrogens is 1. The first-order valence-corrected chi connectivity index (χ1v) is 9.19. The quantitative estimate of drug-likeness (QED) is 0.662. The number of aliphatic hydroxyl groups is 1. The Morgan fingerprint density at radius 1 is 1.00 bits per heavy atom. The molecule has 0 amide bonds. The second-order valence-corrected chi connectivity index (χ2v) is 7.67. The van der Waals surface area contributed by atoms with Gasteiger partial charge < -0.3 is 15.2 Å². The van der Waals surface area contributed by atoms with Crippen molar-refractivity contribution in [3.8, 4) is 5.75 Å². The van der Waals surface area contributed by atoms with Crippen molar-refractivity contribution in [2.75, 3.05) is 6.61 Å². The maximum absolute atomic E-state index is 9.56. The third-order valence-electron chi connectivity index (χ3n) is 4.57. The van der Waals surface area contributed by atoms with Crippen LogP contribution in [0.25, 0.3) is 10.8 Å². The Morgan fingerprint density at radius 2 is 1.73 bits per heavy atom. The SMILES string of the molecule is CC(C)(CO)[NH2+]Cc1c(OCc2ccc(Cl)cc2)ccc2ccccc12. The zero-order valence-electron chi connectivity index (χ0n) is 15.2. The van der Waals surface area contributed by atoms with Gasteiger partial charge in [-0.15, -0.1) is 0 Å². The van der Waals surface area contributed by atoms with Crippen LogP contribution in [0.2, 0.25) is 5.02 Å². The van der Waals surface area contributed by atoms with Gasteiger partial charge in [-0.25, -0.2) is 0 Å². The molecule has 0 aliphatic carbocycles. The Hall–Kier alpha value is -2.07. The van der Waals surface area contributed by atoms with Crippen molar-refractivity contribution in [1.82, 2.24) is 0 Å². The van der Waals surface area contributed by atoms with Gasteiger partial charge in [-0.2, -0.15) is 0 Å². The van der Waals surface area contributed by atoms with Crippen LogP contribution in [0.1, 0.15) is 25.0 Å². The number of rotatable bonds is 7. The van der Waals surface area contributed by atoms with Crippen molar-refractivity contribution >= 4 is 22.4 Å². The second-order valence-electron chi connectivity index (χ2n) is 7.23. The molecule has 0 fully saturated rings. The van der Waals surface area contributed by atoms with Gasteiger partial charge >= 0.3 is 0 Å². The van der Waals surface area contributed by atoms with E-state index in [1.807, 2.05) is 56.3 Å². The molecule has 3 N–H and O–H groups in total. The molecular weight excluding hydrogens is 346 g/mol. The third-order valence-corrected chi connectivity index (χ3v) is 4.82. The van der Waals surface area contributed by atoms with E-state index in [4.69, 9.17) is 16.3 Å². The minimum Gasteiger partial charge on any atom is -0.488 e. The highest BCUT2D eigenvalue weighted by atomic mass is 35.5. The van der Waals surface area contributed by atoms with E-state index in [2.05, 4.69) is 23.5 Å². The van der Waals surface area contributed by atoms with Crippen molar-refractivity contribution in [2.24, 2.45) is 0 Å². The first-order valence-electron chi connectivity index (χ1n) is 8.81. The standard InChI is InChI=1S/C22H24ClNO2/c1-22(2,15-25)24-13-20-19-6-4-3-5-17(19)9-12-21(20)26-14-16-7-10-18(23)11-8-16/h3-12,24-25H,13-15H2,1-2H3/p+1. The number of ether oxygens (including phenoxy) is 1. The van der Waals surface area contributed by atoms with Gasteiger partial charge in [-0.3, -0.25) is 0 Å². The number of nitrogens with two attached hydrogens (primary N) is 1. The highest BCUT2D eigenvalue weighted by Crippen LogP contribution is 2.28. The van der Waals surface area contributed by atoms with Gasteiger partial charge in [-0.1, -0.05) is 54.1 Å². The molecule has 0 atom stereocenters. The van der Waals surface area contributed by atoms with Crippen LogP contribution in [0.5, 0.6) is 5.75 Å². The lowest BCUT2D eigenvalue weighted by molar-refractivity contribution is -0.736. The van der Waals surface area contributed by atoms with Crippen LogP contribution in [0, 0.1) is 0 Å². The predicted octanol–water partition coefficient (Wildman–Crippen LogP) is 3.91. The van der Waals surface area contributed by atoms with Gasteiger partial charge in [-0.05, 0) is 48.4 Å². The maximum atomic E-state index is 9.56. The molecule has 0 aliphatic rings. The van der Waals surface area contributed by atoms with E-state index in [-0.39, 0.29) is 12.1 Å². The Kier molecular flexibility index (Phi) is 5.82. The average molecular weight is 371 g/mol. The van der Waals surface area contributed by atoms with Gasteiger partial charge in [0.15, 0.2) is 0 Å². The fraction of sp³-hybridized carbons (Fsp3) is 0.273. The van der Waals surface area contributed by atoms with Crippen molar-refractivity contribution in [2.45, 2.75) is 32.5 Å². The molecule has 3 aromatic carbocycles. The molecule has 0 aliphatic heterocycles. The lowest BCUT2D eigenvalue weighted by Crippen LogP contribution is -2.95. The van der Waals surface area contributed by atoms with Gasteiger partial charge in [0.25, 0.3) is 0 Å². The van der Waals surface area contributed by atoms with E-state index in [1.54, 1.807) is 0 Å². The van der Waals surface area contributed by atoms with Crippen LogP contribution in [0.15, 0.2) is 60.7 Å². The first-order chi connectivity index (χ1) is 12.5. The van der Waals surface area contributed by atoms with Crippen molar-refractivity contribution in [3.05, 3.63) is 76.8 Å². The highest BCUT2D eigenvalue weighted by Gasteiger charge is 2.21. The number of benzene rings is 3. The lowest BCUT2D eigenvalue weighted by atomic mass is 10.0. The average Bonchev–Trinajstić information content (AvgIpc) is 2.66. The smallest absolute Gasteiger partial charge is 0.129 e. The van der Waals surface area contributed by atoms with Crippen LogP contribution in [-0.4, -0.2) is 17.3 Å². The fourth-order valence-electron chi connectivity index (χ4n) is 2.85. The van der Waals surface area contributed by atoms with Gasteiger partial charge in [0.1, 0.15) is 24.4 Å². The summed E-state index contributed by atoms with van der Waals surface area (Å²) in [4.78, 5) is 0. The molecule has 136 valence electrons. The monoisotopic (exact) mass is 370 g/mol. The Labute approximate surface area is 159 Å². The largest absolute Gasteiger partial charge is 0.488 e. The summed E-state index contributed by atoms with van der Waals surface area (Å²) in [5, 5.41) is 14.8. The van der Waals surface area contributed by atoms with E-state index < -0.39 is 0 Å². The third kappa shape index (κ3) is 4.55. The fourth-order valence-corrected chi connectivity index (χ4v) is 2.97. The Bertz CT molecular complexity index is 875. The van der Waals surface area contributed by atoms with Crippen LogP contribution in [0.4, 0.5) is 0 Å². The molecule has 0 heterocycles. The molecule has 3 rings (SSSR count). The van der Waals surface area contributed by atoms with Crippen molar-refractivity contribution in [3.63, 3.8) is 0 Å². The lowest BCUT2D eigenvalue weighted by Gasteiger charge is -2.21. The van der Waals surface area contributed by atoms with Crippen LogP contribution in [0.3, 0.4) is 0 Å². The van der Waals surface area contributed by atoms with Crippen LogP contribution in [-0.2, 0) is 13.2 Å². The van der Waals surface area contributed by atoms with Gasteiger partial charge in [0.2, 0.25) is 0 Å². The first kappa shape index (κ1) is 18.7. The van der Waals surface area contributed by atoms with E-state index in [0.29, 0.717) is 6.61 Å². The van der Waals surface area contributed by atoms with E-state index in [1.165, 1.54) is 10.8 Å². The number of halogens is 1. The molecule has 0 aromatic heterocycles. The van der Waals surface area contributed by atoms with E-state index in [9.17, 15) is 5.11 Å². The summed E-state index contributed by atoms with van der Waals surface area (Å²) in [6, 6.07) is 20.2. The summed E-state index contributed by atoms with van der Waals surface area (Å²) in [6.45, 7) is 5.42. The maximum Gasteiger partial charge on any atom is 0.129 e. The summed E-state index contributed by atoms with van der Waals surface area (Å²) in [7, 11) is 0. The molecule has 4 heteroatoms. The van der Waals surface area contributed by atoms with Gasteiger partial charge in [0, 0.05) is 5.02 Å². The second kappa shape index (κ2) is 8.09. The molecule has 0 radical (unpaired) electrons. The molecule has 0 saturated heterocycles. The summed E-state index contributed by atoms with van der Waals surface area (Å²) < 4.78 is 6.14. The summed E-state index contributed by atoms with van der Waals surface area (Å²) >= 11 is 5.95. The van der Waals surface area contributed by atoms with Crippen LogP contribution < -0.4 is 10.1 Å². The van der Waals surface area contributed by atoms with Crippen molar-refractivity contribution < 1.29 is 15.2 Å². The molecule has 3 aromatic rings. The minimum absolute atomic E-state index is 0.124. The molecular formula is C22H25ClNO2+. The molecule has 0 spiro atoms. The molecule has 0 unspecified atom stereocenters. The summed E-state index contributed by atoms with van der Waals surface area (Å²) in [5.74, 6) is 0.878. The number of hydrogen-bond donors (Lipinski definition) is 2. The zero-order valence-corrected chi connectivity index (χ0v) is 16.0. The predicted molar refractivity (Wildman–Crippen MR) is 107 cm³/mol. The van der Waals surface area contributed by atoms with E-state index in [0.717, 1.165) is 28.4 Å². The van der Waals surface area contributed by atoms with E-state index >= 15 is 0 Å². The number of fused-ring (bicyclic) bond motifs is 1. The Balaban J connectivity index is 1.88. The highest BCUT2D eigenvalue weighted by molar-refractivity contribution is 6.30. The summed E-state index contributed by atoms with van der Waals surface area (Å²) in [6.07, 6.45) is 0. The summed E-state index contributed by atoms with van der Waals surface area (Å²) in [5.41, 5.74) is 2.00. The van der Waals surface area contributed by atoms with Crippen LogP contribution >= 0.6 is 11.6 Å². The topological polar surface area (TPSA) is 46.1 Å². The molecule has 3 nitrogen and oxygen atoms in total. The molecule has 26 heavy (non-hydrogen) atoms. The molecule has 0 bridgehead atoms. The number of hydrogen-bond acceptors (Lipinski definition) is 2. The number of aliphatic hydroxyl groups excluding tert-OH is 1. The molecule has 0 saturated carbocycles. The van der Waals surface area contributed by atoms with Gasteiger partial charge in [0.05, 0.1) is 12.2 Å². The Morgan fingerprint density at radius 3 is 2.46 bits per heavy atom.